The molecule has 22 heavy (non-hydrogen) atoms. The molecule has 3 rings (SSSR count). The number of hydrogen-bond donors (Lipinski definition) is 1. The van der Waals surface area contributed by atoms with E-state index in [0.29, 0.717) is 13.0 Å². The summed E-state index contributed by atoms with van der Waals surface area (Å²) < 4.78 is 1.36. The largest absolute Gasteiger partial charge is 0.355 e. The van der Waals surface area contributed by atoms with Gasteiger partial charge in [-0.05, 0) is 42.7 Å². The zero-order valence-corrected chi connectivity index (χ0v) is 13.4. The Morgan fingerprint density at radius 3 is 3.18 bits per heavy atom. The van der Waals surface area contributed by atoms with Gasteiger partial charge in [-0.2, -0.15) is 5.10 Å². The highest BCUT2D eigenvalue weighted by Gasteiger charge is 2.25. The molecular weight excluding hydrogens is 298 g/mol. The molecule has 2 aromatic heterocycles. The fourth-order valence-electron chi connectivity index (χ4n) is 2.82. The van der Waals surface area contributed by atoms with Crippen LogP contribution < -0.4 is 10.9 Å². The zero-order valence-electron chi connectivity index (χ0n) is 12.5. The number of thiophene rings is 1. The molecule has 1 atom stereocenters. The number of nitrogens with one attached hydrogen (secondary N) is 1. The van der Waals surface area contributed by atoms with Crippen LogP contribution in [0.4, 0.5) is 0 Å². The maximum atomic E-state index is 12.3. The number of carbonyl (C=O) groups is 1. The summed E-state index contributed by atoms with van der Waals surface area (Å²) >= 11 is 1.71. The first kappa shape index (κ1) is 15.0. The minimum absolute atomic E-state index is 0.0512. The first-order valence-electron chi connectivity index (χ1n) is 7.49. The van der Waals surface area contributed by atoms with Crippen LogP contribution in [-0.4, -0.2) is 22.2 Å². The molecule has 1 amide bonds. The molecule has 0 aliphatic heterocycles. The van der Waals surface area contributed by atoms with Crippen LogP contribution in [0.15, 0.2) is 28.4 Å². The van der Waals surface area contributed by atoms with E-state index in [1.165, 1.54) is 9.56 Å². The van der Waals surface area contributed by atoms with E-state index in [9.17, 15) is 9.59 Å². The normalized spacial score (nSPS) is 17.0. The van der Waals surface area contributed by atoms with Crippen molar-refractivity contribution < 1.29 is 4.79 Å². The Kier molecular flexibility index (Phi) is 4.38. The van der Waals surface area contributed by atoms with Gasteiger partial charge in [0.25, 0.3) is 5.56 Å². The van der Waals surface area contributed by atoms with Gasteiger partial charge in [-0.3, -0.25) is 9.59 Å². The average molecular weight is 317 g/mol. The van der Waals surface area contributed by atoms with Crippen LogP contribution in [0.1, 0.15) is 22.6 Å². The summed E-state index contributed by atoms with van der Waals surface area (Å²) in [4.78, 5) is 25.2. The standard InChI is InChI=1S/C16H19N3O2S/c1-19-15(20)10-12-9-11(4-5-14(12)18-19)16(21)17-7-6-13-3-2-8-22-13/h2-3,8,10-11H,4-7,9H2,1H3,(H,17,21). The van der Waals surface area contributed by atoms with E-state index in [2.05, 4.69) is 16.5 Å². The fourth-order valence-corrected chi connectivity index (χ4v) is 3.53. The van der Waals surface area contributed by atoms with Crippen molar-refractivity contribution in [1.82, 2.24) is 15.1 Å². The van der Waals surface area contributed by atoms with Crippen LogP contribution in [0.3, 0.4) is 0 Å². The van der Waals surface area contributed by atoms with Crippen molar-refractivity contribution >= 4 is 17.2 Å². The minimum Gasteiger partial charge on any atom is -0.355 e. The third kappa shape index (κ3) is 3.27. The van der Waals surface area contributed by atoms with E-state index < -0.39 is 0 Å². The summed E-state index contributed by atoms with van der Waals surface area (Å²) in [5, 5.41) is 9.33. The summed E-state index contributed by atoms with van der Waals surface area (Å²) in [6, 6.07) is 5.72. The van der Waals surface area contributed by atoms with Crippen molar-refractivity contribution in [3.63, 3.8) is 0 Å². The first-order chi connectivity index (χ1) is 10.6. The Morgan fingerprint density at radius 2 is 2.41 bits per heavy atom. The number of rotatable bonds is 4. The van der Waals surface area contributed by atoms with Gasteiger partial charge in [0.15, 0.2) is 0 Å². The molecule has 1 unspecified atom stereocenters. The number of nitrogens with zero attached hydrogens (tertiary/aromatic N) is 2. The molecule has 2 heterocycles. The second kappa shape index (κ2) is 6.44. The molecule has 0 fully saturated rings. The third-order valence-corrected chi connectivity index (χ3v) is 5.01. The van der Waals surface area contributed by atoms with E-state index in [4.69, 9.17) is 0 Å². The molecule has 5 nitrogen and oxygen atoms in total. The van der Waals surface area contributed by atoms with Gasteiger partial charge in [0, 0.05) is 30.5 Å². The maximum absolute atomic E-state index is 12.3. The topological polar surface area (TPSA) is 64.0 Å². The van der Waals surface area contributed by atoms with Crippen molar-refractivity contribution in [3.05, 3.63) is 50.1 Å². The lowest BCUT2D eigenvalue weighted by Gasteiger charge is -2.23. The summed E-state index contributed by atoms with van der Waals surface area (Å²) in [6.45, 7) is 0.664. The van der Waals surface area contributed by atoms with Crippen LogP contribution in [0.25, 0.3) is 0 Å². The highest BCUT2D eigenvalue weighted by Crippen LogP contribution is 2.23. The number of hydrogen-bond acceptors (Lipinski definition) is 4. The van der Waals surface area contributed by atoms with Crippen LogP contribution in [0, 0.1) is 5.92 Å². The quantitative estimate of drug-likeness (QED) is 0.924. The highest BCUT2D eigenvalue weighted by molar-refractivity contribution is 7.09. The van der Waals surface area contributed by atoms with Gasteiger partial charge in [0.1, 0.15) is 0 Å². The lowest BCUT2D eigenvalue weighted by Crippen LogP contribution is -2.36. The molecule has 1 N–H and O–H groups in total. The number of carbonyl (C=O) groups excluding carboxylic acids is 1. The smallest absolute Gasteiger partial charge is 0.266 e. The summed E-state index contributed by atoms with van der Waals surface area (Å²) in [6.07, 6.45) is 3.04. The molecule has 1 aliphatic carbocycles. The van der Waals surface area contributed by atoms with Gasteiger partial charge in [0.2, 0.25) is 5.91 Å². The fraction of sp³-hybridized carbons (Fsp3) is 0.438. The maximum Gasteiger partial charge on any atom is 0.266 e. The third-order valence-electron chi connectivity index (χ3n) is 4.08. The van der Waals surface area contributed by atoms with Crippen molar-refractivity contribution in [2.45, 2.75) is 25.7 Å². The molecule has 0 aromatic carbocycles. The summed E-state index contributed by atoms with van der Waals surface area (Å²) in [7, 11) is 1.66. The van der Waals surface area contributed by atoms with E-state index >= 15 is 0 Å². The van der Waals surface area contributed by atoms with Gasteiger partial charge in [0.05, 0.1) is 5.69 Å². The predicted molar refractivity (Wildman–Crippen MR) is 86.0 cm³/mol. The van der Waals surface area contributed by atoms with Gasteiger partial charge in [-0.25, -0.2) is 4.68 Å². The Labute approximate surface area is 133 Å². The molecule has 6 heteroatoms. The average Bonchev–Trinajstić information content (AvgIpc) is 3.01. The van der Waals surface area contributed by atoms with Gasteiger partial charge in [-0.1, -0.05) is 6.07 Å². The predicted octanol–water partition coefficient (Wildman–Crippen LogP) is 1.31. The molecule has 0 saturated carbocycles. The number of amides is 1. The molecule has 1 aliphatic rings. The van der Waals surface area contributed by atoms with Crippen molar-refractivity contribution in [3.8, 4) is 0 Å². The van der Waals surface area contributed by atoms with E-state index in [0.717, 1.165) is 30.5 Å². The van der Waals surface area contributed by atoms with Crippen LogP contribution in [0.5, 0.6) is 0 Å². The number of aryl methyl sites for hydroxylation is 2. The van der Waals surface area contributed by atoms with Crippen LogP contribution >= 0.6 is 11.3 Å². The Morgan fingerprint density at radius 1 is 1.55 bits per heavy atom. The molecule has 0 saturated heterocycles. The Hall–Kier alpha value is -1.95. The van der Waals surface area contributed by atoms with Crippen LogP contribution in [-0.2, 0) is 31.1 Å². The summed E-state index contributed by atoms with van der Waals surface area (Å²) in [5.41, 5.74) is 1.76. The van der Waals surface area contributed by atoms with E-state index in [1.54, 1.807) is 24.5 Å². The van der Waals surface area contributed by atoms with Crippen LogP contribution in [0.2, 0.25) is 0 Å². The molecule has 0 bridgehead atoms. The van der Waals surface area contributed by atoms with Gasteiger partial charge in [-0.15, -0.1) is 11.3 Å². The highest BCUT2D eigenvalue weighted by atomic mass is 32.1. The monoisotopic (exact) mass is 317 g/mol. The molecule has 0 radical (unpaired) electrons. The zero-order chi connectivity index (χ0) is 15.5. The van der Waals surface area contributed by atoms with Gasteiger partial charge < -0.3 is 5.32 Å². The molecule has 0 spiro atoms. The minimum atomic E-state index is -0.113. The first-order valence-corrected chi connectivity index (χ1v) is 8.37. The second-order valence-electron chi connectivity index (χ2n) is 5.64. The Balaban J connectivity index is 1.58. The van der Waals surface area contributed by atoms with Crippen molar-refractivity contribution in [2.24, 2.45) is 13.0 Å². The van der Waals surface area contributed by atoms with E-state index in [1.807, 2.05) is 11.4 Å². The Bertz CT molecular complexity index is 721. The molecule has 2 aromatic rings. The molecule has 116 valence electrons. The number of aromatic nitrogens is 2. The van der Waals surface area contributed by atoms with Crippen molar-refractivity contribution in [2.75, 3.05) is 6.54 Å². The SMILES string of the molecule is Cn1nc2c(cc1=O)CC(C(=O)NCCc1cccs1)CC2. The van der Waals surface area contributed by atoms with E-state index in [-0.39, 0.29) is 17.4 Å². The van der Waals surface area contributed by atoms with Crippen molar-refractivity contribution in [1.29, 1.82) is 0 Å². The number of fused-ring (bicyclic) bond motifs is 1. The molecular formula is C16H19N3O2S. The second-order valence-corrected chi connectivity index (χ2v) is 6.67. The van der Waals surface area contributed by atoms with Gasteiger partial charge >= 0.3 is 0 Å². The summed E-state index contributed by atoms with van der Waals surface area (Å²) in [5.74, 6) is 0.0348. The lowest BCUT2D eigenvalue weighted by atomic mass is 9.86. The lowest BCUT2D eigenvalue weighted by molar-refractivity contribution is -0.125.